The van der Waals surface area contributed by atoms with Gasteiger partial charge in [0.05, 0.1) is 0 Å². The number of thioether (sulfide) groups is 1. The summed E-state index contributed by atoms with van der Waals surface area (Å²) in [5.41, 5.74) is 1.27. The lowest BCUT2D eigenvalue weighted by atomic mass is 10.2. The molecule has 2 heteroatoms. The Morgan fingerprint density at radius 3 is 2.45 bits per heavy atom. The normalized spacial score (nSPS) is 12.8. The second-order valence-corrected chi connectivity index (χ2v) is 6.00. The third kappa shape index (κ3) is 6.42. The second kappa shape index (κ2) is 10.7. The van der Waals surface area contributed by atoms with Gasteiger partial charge in [-0.2, -0.15) is 4.58 Å². The molecule has 0 radical (unpaired) electrons. The largest absolute Gasteiger partial charge is 0.220 e. The molecule has 1 rings (SSSR count). The van der Waals surface area contributed by atoms with Crippen molar-refractivity contribution in [2.24, 2.45) is 0 Å². The number of para-hydroxylation sites is 1. The highest BCUT2D eigenvalue weighted by molar-refractivity contribution is 8.16. The molecule has 0 aromatic heterocycles. The maximum absolute atomic E-state index is 2.32. The molecule has 0 saturated heterocycles. The van der Waals surface area contributed by atoms with Crippen LogP contribution in [-0.4, -0.2) is 16.7 Å². The summed E-state index contributed by atoms with van der Waals surface area (Å²) < 4.78 is 2.32. The molecule has 1 aromatic carbocycles. The van der Waals surface area contributed by atoms with Gasteiger partial charge in [-0.15, -0.1) is 0 Å². The van der Waals surface area contributed by atoms with Crippen LogP contribution in [-0.2, 0) is 0 Å². The van der Waals surface area contributed by atoms with Gasteiger partial charge in [-0.05, 0) is 30.0 Å². The highest BCUT2D eigenvalue weighted by atomic mass is 32.2. The summed E-state index contributed by atoms with van der Waals surface area (Å²) in [5.74, 6) is 0. The van der Waals surface area contributed by atoms with Crippen molar-refractivity contribution in [3.8, 4) is 0 Å². The molecule has 1 aromatic rings. The van der Waals surface area contributed by atoms with Gasteiger partial charge in [-0.1, -0.05) is 57.4 Å². The molecule has 0 heterocycles. The van der Waals surface area contributed by atoms with Gasteiger partial charge in [0.25, 0.3) is 0 Å². The number of benzene rings is 1. The molecule has 1 nitrogen and oxygen atoms in total. The van der Waals surface area contributed by atoms with E-state index in [2.05, 4.69) is 67.3 Å². The molecule has 0 saturated carbocycles. The monoisotopic (exact) mass is 290 g/mol. The minimum absolute atomic E-state index is 1.16. The van der Waals surface area contributed by atoms with Crippen LogP contribution >= 0.6 is 11.8 Å². The van der Waals surface area contributed by atoms with Crippen molar-refractivity contribution in [2.45, 2.75) is 52.4 Å². The zero-order valence-electron chi connectivity index (χ0n) is 13.1. The van der Waals surface area contributed by atoms with Crippen molar-refractivity contribution < 1.29 is 4.58 Å². The molecule has 0 fully saturated rings. The van der Waals surface area contributed by atoms with Crippen molar-refractivity contribution in [3.63, 3.8) is 0 Å². The Balaban J connectivity index is 2.74. The quantitative estimate of drug-likeness (QED) is 0.246. The zero-order chi connectivity index (χ0) is 14.6. The first-order valence-corrected chi connectivity index (χ1v) is 8.63. The summed E-state index contributed by atoms with van der Waals surface area (Å²) in [6, 6.07) is 10.6. The Labute approximate surface area is 128 Å². The molecular weight excluding hydrogens is 262 g/mol. The molecule has 0 N–H and O–H groups in total. The van der Waals surface area contributed by atoms with Crippen molar-refractivity contribution in [2.75, 3.05) is 7.05 Å². The van der Waals surface area contributed by atoms with E-state index in [1.807, 2.05) is 11.8 Å². The topological polar surface area (TPSA) is 3.01 Å². The van der Waals surface area contributed by atoms with Gasteiger partial charge in [0.2, 0.25) is 10.7 Å². The van der Waals surface area contributed by atoms with E-state index >= 15 is 0 Å². The van der Waals surface area contributed by atoms with Crippen LogP contribution < -0.4 is 0 Å². The van der Waals surface area contributed by atoms with Crippen molar-refractivity contribution in [1.82, 2.24) is 0 Å². The van der Waals surface area contributed by atoms with Gasteiger partial charge in [-0.3, -0.25) is 0 Å². The number of unbranched alkanes of at least 4 members (excludes halogenated alkanes) is 3. The summed E-state index contributed by atoms with van der Waals surface area (Å²) in [6.07, 6.45) is 9.71. The molecule has 0 bridgehead atoms. The molecule has 20 heavy (non-hydrogen) atoms. The van der Waals surface area contributed by atoms with Gasteiger partial charge in [0.15, 0.2) is 0 Å². The zero-order valence-corrected chi connectivity index (χ0v) is 14.0. The van der Waals surface area contributed by atoms with Crippen molar-refractivity contribution in [1.29, 1.82) is 0 Å². The first-order chi connectivity index (χ1) is 9.79. The van der Waals surface area contributed by atoms with Gasteiger partial charge < -0.3 is 0 Å². The van der Waals surface area contributed by atoms with Crippen LogP contribution in [0, 0.1) is 0 Å². The van der Waals surface area contributed by atoms with Gasteiger partial charge >= 0.3 is 0 Å². The Hall–Kier alpha value is -1.02. The molecule has 0 amide bonds. The molecule has 0 aliphatic heterocycles. The maximum Gasteiger partial charge on any atom is 0.220 e. The van der Waals surface area contributed by atoms with Gasteiger partial charge in [0, 0.05) is 18.6 Å². The Kier molecular flexibility index (Phi) is 9.14. The highest BCUT2D eigenvalue weighted by Crippen LogP contribution is 2.18. The van der Waals surface area contributed by atoms with E-state index < -0.39 is 0 Å². The molecule has 0 aliphatic rings. The van der Waals surface area contributed by atoms with Crippen LogP contribution in [0.1, 0.15) is 52.4 Å². The molecule has 110 valence electrons. The van der Waals surface area contributed by atoms with Crippen LogP contribution in [0.3, 0.4) is 0 Å². The van der Waals surface area contributed by atoms with E-state index in [1.165, 1.54) is 42.8 Å². The van der Waals surface area contributed by atoms with E-state index in [1.54, 1.807) is 0 Å². The predicted octanol–water partition coefficient (Wildman–Crippen LogP) is 5.99. The smallest absolute Gasteiger partial charge is 0.193 e. The Morgan fingerprint density at radius 1 is 1.10 bits per heavy atom. The highest BCUT2D eigenvalue weighted by Gasteiger charge is 2.12. The first kappa shape index (κ1) is 17.0. The molecule has 0 aliphatic carbocycles. The van der Waals surface area contributed by atoms with E-state index in [4.69, 9.17) is 0 Å². The minimum atomic E-state index is 1.16. The summed E-state index contributed by atoms with van der Waals surface area (Å²) in [4.78, 5) is 0. The van der Waals surface area contributed by atoms with Crippen LogP contribution in [0.25, 0.3) is 0 Å². The second-order valence-electron chi connectivity index (χ2n) is 5.02. The van der Waals surface area contributed by atoms with Crippen LogP contribution in [0.5, 0.6) is 0 Å². The third-order valence-corrected chi connectivity index (χ3v) is 4.37. The Bertz CT molecular complexity index is 420. The summed E-state index contributed by atoms with van der Waals surface area (Å²) in [6.45, 7) is 4.49. The fourth-order valence-electron chi connectivity index (χ4n) is 1.95. The third-order valence-electron chi connectivity index (χ3n) is 3.29. The molecular formula is C18H28NS+. The lowest BCUT2D eigenvalue weighted by Gasteiger charge is -2.03. The summed E-state index contributed by atoms with van der Waals surface area (Å²) in [5, 5.41) is 3.70. The van der Waals surface area contributed by atoms with Crippen molar-refractivity contribution in [3.05, 3.63) is 41.8 Å². The fraction of sp³-hybridized carbons (Fsp3) is 0.500. The molecule has 0 atom stereocenters. The maximum atomic E-state index is 2.32. The Morgan fingerprint density at radius 2 is 1.80 bits per heavy atom. The van der Waals surface area contributed by atoms with Crippen LogP contribution in [0.2, 0.25) is 0 Å². The average Bonchev–Trinajstić information content (AvgIpc) is 2.50. The predicted molar refractivity (Wildman–Crippen MR) is 93.1 cm³/mol. The average molecular weight is 290 g/mol. The summed E-state index contributed by atoms with van der Waals surface area (Å²) in [7, 11) is 2.17. The fourth-order valence-corrected chi connectivity index (χ4v) is 2.86. The van der Waals surface area contributed by atoms with Gasteiger partial charge in [0.1, 0.15) is 7.05 Å². The lowest BCUT2D eigenvalue weighted by Crippen LogP contribution is -2.09. The van der Waals surface area contributed by atoms with Gasteiger partial charge in [-0.25, -0.2) is 0 Å². The van der Waals surface area contributed by atoms with E-state index in [0.717, 1.165) is 6.42 Å². The van der Waals surface area contributed by atoms with Crippen molar-refractivity contribution >= 4 is 22.5 Å². The molecule has 0 spiro atoms. The number of hydrogen-bond acceptors (Lipinski definition) is 1. The van der Waals surface area contributed by atoms with E-state index in [9.17, 15) is 0 Å². The standard InChI is InChI=1S/C18H28NS/c1-4-6-8-12-16-20-18(15-7-5-2)19(3)17-13-10-9-11-14-17/h9-14,16H,4-8,15H2,1-3H3/q+1/b16-12-,19-18?. The SMILES string of the molecule is CCCC/C=C\SC(CCCC)=[N+](C)c1ccccc1. The molecule has 0 unspecified atom stereocenters. The van der Waals surface area contributed by atoms with E-state index in [0.29, 0.717) is 0 Å². The van der Waals surface area contributed by atoms with Crippen LogP contribution in [0.4, 0.5) is 5.69 Å². The number of rotatable bonds is 8. The number of hydrogen-bond donors (Lipinski definition) is 0. The summed E-state index contributed by atoms with van der Waals surface area (Å²) >= 11 is 1.88. The minimum Gasteiger partial charge on any atom is -0.193 e. The first-order valence-electron chi connectivity index (χ1n) is 7.75. The number of nitrogens with zero attached hydrogens (tertiary/aromatic N) is 1. The van der Waals surface area contributed by atoms with Crippen LogP contribution in [0.15, 0.2) is 41.8 Å². The lowest BCUT2D eigenvalue weighted by molar-refractivity contribution is -0.403. The number of allylic oxidation sites excluding steroid dienone is 1. The van der Waals surface area contributed by atoms with E-state index in [-0.39, 0.29) is 0 Å².